The molecule has 6 heteroatoms. The smallest absolute Gasteiger partial charge is 0.261 e. The van der Waals surface area contributed by atoms with Gasteiger partial charge in [-0.1, -0.05) is 101 Å². The van der Waals surface area contributed by atoms with Crippen molar-refractivity contribution in [2.24, 2.45) is 7.05 Å². The Morgan fingerprint density at radius 1 is 0.492 bits per heavy atom. The number of benzene rings is 8. The molecule has 5 nitrogen and oxygen atoms in total. The maximum atomic E-state index is 8.94. The standard InChI is InChI=1S/C53H42BN3O2/c1-33-13-21-37(22-14-33)56(38-23-15-34(2)16-24-38)41-29-30-43-48(31-41)58-46-11-8-12-47-51(46)54(43)52-49(59-47)32-45(53-50(52)42-9-6-7-10-44(42)55(53)5)57(39-25-17-35(3)18-26-39)40-27-19-36(4)20-28-40/h6-32H,1-5H3/i8D. The molecule has 0 aliphatic carbocycles. The molecule has 0 saturated carbocycles. The van der Waals surface area contributed by atoms with E-state index in [1.165, 1.54) is 22.3 Å². The molecule has 0 saturated heterocycles. The average Bonchev–Trinajstić information content (AvgIpc) is 3.55. The highest BCUT2D eigenvalue weighted by atomic mass is 16.5. The fraction of sp³-hybridized carbons (Fsp3) is 0.0943. The van der Waals surface area contributed by atoms with Crippen LogP contribution in [0.3, 0.4) is 0 Å². The lowest BCUT2D eigenvalue weighted by atomic mass is 9.34. The van der Waals surface area contributed by atoms with Gasteiger partial charge in [-0.15, -0.1) is 0 Å². The van der Waals surface area contributed by atoms with Gasteiger partial charge >= 0.3 is 0 Å². The molecule has 3 heterocycles. The van der Waals surface area contributed by atoms with Crippen LogP contribution in [0.15, 0.2) is 164 Å². The number of nitrogens with zero attached hydrogens (tertiary/aromatic N) is 3. The van der Waals surface area contributed by atoms with Crippen LogP contribution in [0, 0.1) is 27.7 Å². The van der Waals surface area contributed by atoms with Crippen molar-refractivity contribution in [3.05, 3.63) is 186 Å². The highest BCUT2D eigenvalue weighted by Gasteiger charge is 2.43. The van der Waals surface area contributed by atoms with Crippen molar-refractivity contribution in [1.29, 1.82) is 0 Å². The first kappa shape index (κ1) is 33.9. The molecule has 59 heavy (non-hydrogen) atoms. The van der Waals surface area contributed by atoms with Gasteiger partial charge < -0.3 is 23.8 Å². The van der Waals surface area contributed by atoms with Gasteiger partial charge in [0.1, 0.15) is 23.0 Å². The topological polar surface area (TPSA) is 29.9 Å². The average molecular weight is 765 g/mol. The normalized spacial score (nSPS) is 12.6. The first-order chi connectivity index (χ1) is 29.2. The molecule has 2 aliphatic rings. The summed E-state index contributed by atoms with van der Waals surface area (Å²) in [6.07, 6.45) is 0. The number of fused-ring (bicyclic) bond motifs is 8. The van der Waals surface area contributed by atoms with E-state index in [2.05, 4.69) is 195 Å². The van der Waals surface area contributed by atoms with Crippen LogP contribution in [0.1, 0.15) is 23.6 Å². The summed E-state index contributed by atoms with van der Waals surface area (Å²) in [6, 6.07) is 56.3. The number of rotatable bonds is 6. The lowest BCUT2D eigenvalue weighted by Gasteiger charge is -2.35. The van der Waals surface area contributed by atoms with Gasteiger partial charge in [0.05, 0.1) is 12.6 Å². The van der Waals surface area contributed by atoms with Crippen LogP contribution in [0.2, 0.25) is 0 Å². The maximum absolute atomic E-state index is 8.94. The van der Waals surface area contributed by atoms with Crippen LogP contribution in [-0.4, -0.2) is 11.3 Å². The van der Waals surface area contributed by atoms with E-state index < -0.39 is 0 Å². The Labute approximate surface area is 346 Å². The fourth-order valence-electron chi connectivity index (χ4n) is 9.16. The second-order valence-electron chi connectivity index (χ2n) is 16.1. The molecule has 0 spiro atoms. The fourth-order valence-corrected chi connectivity index (χ4v) is 9.16. The molecule has 0 bridgehead atoms. The molecule has 9 aromatic rings. The quantitative estimate of drug-likeness (QED) is 0.158. The Kier molecular flexibility index (Phi) is 7.74. The van der Waals surface area contributed by atoms with E-state index in [4.69, 9.17) is 10.8 Å². The predicted octanol–water partition coefficient (Wildman–Crippen LogP) is 12.2. The van der Waals surface area contributed by atoms with Gasteiger partial charge in [0.2, 0.25) is 0 Å². The zero-order valence-corrected chi connectivity index (χ0v) is 33.7. The Balaban J connectivity index is 1.18. The lowest BCUT2D eigenvalue weighted by molar-refractivity contribution is 0.465. The Hall–Kier alpha value is -7.18. The number of ether oxygens (including phenoxy) is 2. The largest absolute Gasteiger partial charge is 0.458 e. The van der Waals surface area contributed by atoms with E-state index in [1.807, 2.05) is 12.1 Å². The maximum Gasteiger partial charge on any atom is 0.261 e. The zero-order chi connectivity index (χ0) is 40.8. The summed E-state index contributed by atoms with van der Waals surface area (Å²) in [5.74, 6) is 2.82. The van der Waals surface area contributed by atoms with Crippen LogP contribution in [0.25, 0.3) is 21.8 Å². The van der Waals surface area contributed by atoms with Gasteiger partial charge in [0, 0.05) is 69.4 Å². The van der Waals surface area contributed by atoms with Crippen molar-refractivity contribution < 1.29 is 10.8 Å². The summed E-state index contributed by atoms with van der Waals surface area (Å²) < 4.78 is 25.2. The Bertz CT molecular complexity index is 3050. The van der Waals surface area contributed by atoms with Gasteiger partial charge in [0.15, 0.2) is 0 Å². The highest BCUT2D eigenvalue weighted by molar-refractivity contribution is 7.00. The minimum Gasteiger partial charge on any atom is -0.458 e. The lowest BCUT2D eigenvalue weighted by Crippen LogP contribution is -2.57. The molecule has 0 unspecified atom stereocenters. The second-order valence-corrected chi connectivity index (χ2v) is 16.1. The van der Waals surface area contributed by atoms with E-state index in [0.29, 0.717) is 17.5 Å². The van der Waals surface area contributed by atoms with E-state index in [-0.39, 0.29) is 6.71 Å². The van der Waals surface area contributed by atoms with Crippen LogP contribution in [-0.2, 0) is 7.05 Å². The third-order valence-corrected chi connectivity index (χ3v) is 12.1. The molecule has 0 radical (unpaired) electrons. The molecule has 0 atom stereocenters. The van der Waals surface area contributed by atoms with Crippen molar-refractivity contribution in [2.75, 3.05) is 9.80 Å². The number of hydrogen-bond acceptors (Lipinski definition) is 4. The third-order valence-electron chi connectivity index (χ3n) is 12.1. The van der Waals surface area contributed by atoms with Crippen LogP contribution in [0.4, 0.5) is 34.1 Å². The molecule has 284 valence electrons. The van der Waals surface area contributed by atoms with Gasteiger partial charge in [-0.2, -0.15) is 0 Å². The van der Waals surface area contributed by atoms with Gasteiger partial charge in [-0.25, -0.2) is 0 Å². The van der Waals surface area contributed by atoms with Crippen LogP contribution in [0.5, 0.6) is 23.0 Å². The van der Waals surface area contributed by atoms with Crippen molar-refractivity contribution >= 4 is 79.0 Å². The van der Waals surface area contributed by atoms with Crippen LogP contribution < -0.4 is 35.7 Å². The molecule has 2 aliphatic heterocycles. The molecular formula is C53H42BN3O2. The minimum absolute atomic E-state index is 0.223. The van der Waals surface area contributed by atoms with Gasteiger partial charge in [-0.05, 0) is 111 Å². The number of anilines is 6. The first-order valence-corrected chi connectivity index (χ1v) is 20.3. The molecular weight excluding hydrogens is 721 g/mol. The molecule has 0 N–H and O–H groups in total. The zero-order valence-electron chi connectivity index (χ0n) is 34.7. The van der Waals surface area contributed by atoms with Crippen molar-refractivity contribution in [2.45, 2.75) is 27.7 Å². The minimum atomic E-state index is -0.223. The van der Waals surface area contributed by atoms with Gasteiger partial charge in [-0.3, -0.25) is 0 Å². The predicted molar refractivity (Wildman–Crippen MR) is 246 cm³/mol. The van der Waals surface area contributed by atoms with Gasteiger partial charge in [0.25, 0.3) is 6.71 Å². The number of aromatic nitrogens is 1. The Morgan fingerprint density at radius 2 is 0.983 bits per heavy atom. The summed E-state index contributed by atoms with van der Waals surface area (Å²) in [5, 5.41) is 2.29. The summed E-state index contributed by atoms with van der Waals surface area (Å²) in [5.41, 5.74) is 16.4. The van der Waals surface area contributed by atoms with E-state index in [9.17, 15) is 0 Å². The van der Waals surface area contributed by atoms with Crippen molar-refractivity contribution in [1.82, 2.24) is 4.57 Å². The molecule has 0 fully saturated rings. The Morgan fingerprint density at radius 3 is 1.54 bits per heavy atom. The van der Waals surface area contributed by atoms with E-state index >= 15 is 0 Å². The third kappa shape index (κ3) is 5.62. The van der Waals surface area contributed by atoms with E-state index in [1.54, 1.807) is 0 Å². The SMILES string of the molecule is [2H]c1cc2c3c(c1)Oc1cc(N(c4ccc(C)cc4)c4ccc(C)cc4)c4c(c1B3c1ccc(N(c3ccc(C)cc3)c3ccc(C)cc3)cc1O2)c1ccccc1n4C. The molecule has 1 aromatic heterocycles. The highest BCUT2D eigenvalue weighted by Crippen LogP contribution is 2.47. The number of hydrogen-bond donors (Lipinski definition) is 0. The van der Waals surface area contributed by atoms with Crippen molar-refractivity contribution in [3.63, 3.8) is 0 Å². The van der Waals surface area contributed by atoms with Crippen LogP contribution >= 0.6 is 0 Å². The summed E-state index contributed by atoms with van der Waals surface area (Å²) in [6.45, 7) is 8.25. The first-order valence-electron chi connectivity index (χ1n) is 20.8. The second kappa shape index (κ2) is 13.5. The van der Waals surface area contributed by atoms with E-state index in [0.717, 1.165) is 83.8 Å². The molecule has 0 amide bonds. The number of aryl methyl sites for hydroxylation is 5. The monoisotopic (exact) mass is 764 g/mol. The summed E-state index contributed by atoms with van der Waals surface area (Å²) >= 11 is 0. The number of para-hydroxylation sites is 1. The molecule has 8 aromatic carbocycles. The molecule has 11 rings (SSSR count). The van der Waals surface area contributed by atoms with Crippen molar-refractivity contribution in [3.8, 4) is 23.0 Å². The summed E-state index contributed by atoms with van der Waals surface area (Å²) in [4.78, 5) is 4.63. The summed E-state index contributed by atoms with van der Waals surface area (Å²) in [7, 11) is 2.17.